The number of anilines is 1. The Kier molecular flexibility index (Phi) is 5.83. The molecular weight excluding hydrogens is 429 g/mol. The van der Waals surface area contributed by atoms with Crippen LogP contribution in [0.15, 0.2) is 0 Å². The first kappa shape index (κ1) is 21.7. The van der Waals surface area contributed by atoms with Crippen LogP contribution in [0.3, 0.4) is 0 Å². The van der Waals surface area contributed by atoms with Crippen LogP contribution in [-0.4, -0.2) is 33.7 Å². The van der Waals surface area contributed by atoms with E-state index in [1.165, 1.54) is 18.4 Å². The Morgan fingerprint density at radius 2 is 2.00 bits per heavy atom. The lowest BCUT2D eigenvalue weighted by molar-refractivity contribution is -0.388. The van der Waals surface area contributed by atoms with Crippen molar-refractivity contribution in [2.45, 2.75) is 45.3 Å². The summed E-state index contributed by atoms with van der Waals surface area (Å²) in [6, 6.07) is 0. The van der Waals surface area contributed by atoms with Crippen LogP contribution in [0.2, 0.25) is 0 Å². The third kappa shape index (κ3) is 4.01. The summed E-state index contributed by atoms with van der Waals surface area (Å²) in [5, 5.41) is 17.0. The number of amides is 1. The number of nitrogens with one attached hydrogen (secondary N) is 1. The van der Waals surface area contributed by atoms with E-state index >= 15 is 0 Å². The molecule has 1 aliphatic carbocycles. The molecule has 2 aromatic rings. The molecular formula is C17H17F3N4O5S. The van der Waals surface area contributed by atoms with Gasteiger partial charge in [-0.25, -0.2) is 4.79 Å². The van der Waals surface area contributed by atoms with Crippen molar-refractivity contribution in [1.82, 2.24) is 9.78 Å². The average Bonchev–Trinajstić information content (AvgIpc) is 3.18. The number of fused-ring (bicyclic) bond motifs is 1. The van der Waals surface area contributed by atoms with Gasteiger partial charge in [0.2, 0.25) is 11.6 Å². The van der Waals surface area contributed by atoms with Crippen LogP contribution in [0.5, 0.6) is 0 Å². The molecule has 0 saturated carbocycles. The summed E-state index contributed by atoms with van der Waals surface area (Å²) in [4.78, 5) is 35.5. The summed E-state index contributed by atoms with van der Waals surface area (Å²) >= 11 is 1.22. The highest BCUT2D eigenvalue weighted by molar-refractivity contribution is 7.17. The Morgan fingerprint density at radius 1 is 1.33 bits per heavy atom. The Balaban J connectivity index is 1.89. The second-order valence-electron chi connectivity index (χ2n) is 6.65. The van der Waals surface area contributed by atoms with Crippen molar-refractivity contribution in [3.63, 3.8) is 0 Å². The number of aromatic nitrogens is 2. The highest BCUT2D eigenvalue weighted by Gasteiger charge is 2.44. The normalized spacial score (nSPS) is 13.6. The SMILES string of the molecule is COC(=O)c1c(NC(=O)Cn2nc(C(F)(F)F)c([N+](=O)[O-])c2C)sc2c1CCCC2. The molecule has 2 heterocycles. The number of hydrogen-bond donors (Lipinski definition) is 1. The molecule has 0 saturated heterocycles. The van der Waals surface area contributed by atoms with Crippen molar-refractivity contribution >= 4 is 33.9 Å². The summed E-state index contributed by atoms with van der Waals surface area (Å²) < 4.78 is 44.6. The van der Waals surface area contributed by atoms with Gasteiger partial charge in [-0.15, -0.1) is 11.3 Å². The minimum atomic E-state index is -5.04. The van der Waals surface area contributed by atoms with Crippen LogP contribution in [0.4, 0.5) is 23.9 Å². The largest absolute Gasteiger partial charge is 0.465 e. The number of methoxy groups -OCH3 is 1. The quantitative estimate of drug-likeness (QED) is 0.427. The van der Waals surface area contributed by atoms with Crippen molar-refractivity contribution in [1.29, 1.82) is 0 Å². The van der Waals surface area contributed by atoms with Gasteiger partial charge < -0.3 is 10.1 Å². The van der Waals surface area contributed by atoms with E-state index in [0.29, 0.717) is 11.1 Å². The highest BCUT2D eigenvalue weighted by Crippen LogP contribution is 2.39. The summed E-state index contributed by atoms with van der Waals surface area (Å²) in [6.45, 7) is 0.392. The number of esters is 1. The minimum absolute atomic E-state index is 0.240. The Hall–Kier alpha value is -2.96. The van der Waals surface area contributed by atoms with Crippen LogP contribution < -0.4 is 5.32 Å². The van der Waals surface area contributed by atoms with E-state index in [2.05, 4.69) is 10.4 Å². The van der Waals surface area contributed by atoms with Gasteiger partial charge in [-0.05, 0) is 38.2 Å². The second kappa shape index (κ2) is 8.05. The molecule has 2 aromatic heterocycles. The molecule has 0 unspecified atom stereocenters. The summed E-state index contributed by atoms with van der Waals surface area (Å²) in [5.74, 6) is -1.39. The van der Waals surface area contributed by atoms with Crippen LogP contribution in [0.25, 0.3) is 0 Å². The van der Waals surface area contributed by atoms with Gasteiger partial charge in [0.25, 0.3) is 0 Å². The van der Waals surface area contributed by atoms with Crippen molar-refractivity contribution in [3.8, 4) is 0 Å². The standard InChI is InChI=1S/C17H17F3N4O5S/c1-8-13(24(27)28)14(17(18,19)20)22-23(8)7-11(25)21-15-12(16(26)29-2)9-5-3-4-6-10(9)30-15/h3-7H2,1-2H3,(H,21,25). The lowest BCUT2D eigenvalue weighted by Crippen LogP contribution is -2.21. The van der Waals surface area contributed by atoms with Crippen molar-refractivity contribution in [2.24, 2.45) is 0 Å². The fourth-order valence-electron chi connectivity index (χ4n) is 3.37. The number of alkyl halides is 3. The number of hydrogen-bond acceptors (Lipinski definition) is 7. The summed E-state index contributed by atoms with van der Waals surface area (Å²) in [7, 11) is 1.21. The van der Waals surface area contributed by atoms with Gasteiger partial charge in [-0.3, -0.25) is 19.6 Å². The third-order valence-electron chi connectivity index (χ3n) is 4.73. The number of thiophene rings is 1. The number of halogens is 3. The van der Waals surface area contributed by atoms with Gasteiger partial charge >= 0.3 is 17.8 Å². The Morgan fingerprint density at radius 3 is 2.57 bits per heavy atom. The van der Waals surface area contributed by atoms with Gasteiger partial charge in [0.1, 0.15) is 17.2 Å². The van der Waals surface area contributed by atoms with Crippen molar-refractivity contribution < 1.29 is 32.4 Å². The predicted octanol–water partition coefficient (Wildman–Crippen LogP) is 3.48. The first-order valence-electron chi connectivity index (χ1n) is 8.86. The Bertz CT molecular complexity index is 1030. The zero-order valence-corrected chi connectivity index (χ0v) is 16.8. The van der Waals surface area contributed by atoms with E-state index < -0.39 is 46.6 Å². The molecule has 0 spiro atoms. The van der Waals surface area contributed by atoms with E-state index in [-0.39, 0.29) is 10.6 Å². The van der Waals surface area contributed by atoms with E-state index in [1.54, 1.807) is 0 Å². The number of aryl methyl sites for hydroxylation is 1. The first-order chi connectivity index (χ1) is 14.0. The maximum atomic E-state index is 13.1. The zero-order valence-electron chi connectivity index (χ0n) is 16.0. The average molecular weight is 446 g/mol. The molecule has 1 N–H and O–H groups in total. The zero-order chi connectivity index (χ0) is 22.2. The molecule has 0 radical (unpaired) electrons. The molecule has 1 amide bonds. The molecule has 0 bridgehead atoms. The lowest BCUT2D eigenvalue weighted by Gasteiger charge is -2.11. The number of nitro groups is 1. The number of nitrogens with zero attached hydrogens (tertiary/aromatic N) is 3. The van der Waals surface area contributed by atoms with Crippen molar-refractivity contribution in [3.05, 3.63) is 37.5 Å². The molecule has 3 rings (SSSR count). The first-order valence-corrected chi connectivity index (χ1v) is 9.68. The second-order valence-corrected chi connectivity index (χ2v) is 7.76. The molecule has 9 nitrogen and oxygen atoms in total. The molecule has 13 heteroatoms. The van der Waals surface area contributed by atoms with Gasteiger partial charge in [0.05, 0.1) is 17.6 Å². The Labute approximate surface area is 172 Å². The molecule has 0 aliphatic heterocycles. The van der Waals surface area contributed by atoms with E-state index in [0.717, 1.165) is 36.6 Å². The van der Waals surface area contributed by atoms with Crippen LogP contribution >= 0.6 is 11.3 Å². The highest BCUT2D eigenvalue weighted by atomic mass is 32.1. The maximum Gasteiger partial charge on any atom is 0.442 e. The lowest BCUT2D eigenvalue weighted by atomic mass is 9.95. The van der Waals surface area contributed by atoms with Gasteiger partial charge in [-0.1, -0.05) is 0 Å². The molecule has 0 aromatic carbocycles. The molecule has 0 atom stereocenters. The molecule has 1 aliphatic rings. The number of carbonyl (C=O) groups is 2. The number of ether oxygens (including phenoxy) is 1. The molecule has 162 valence electrons. The minimum Gasteiger partial charge on any atom is -0.465 e. The molecule has 0 fully saturated rings. The summed E-state index contributed by atoms with van der Waals surface area (Å²) in [6.07, 6.45) is -1.81. The number of carbonyl (C=O) groups excluding carboxylic acids is 2. The third-order valence-corrected chi connectivity index (χ3v) is 5.94. The van der Waals surface area contributed by atoms with E-state index in [4.69, 9.17) is 4.74 Å². The topological polar surface area (TPSA) is 116 Å². The van der Waals surface area contributed by atoms with Gasteiger partial charge in [-0.2, -0.15) is 18.3 Å². The summed E-state index contributed by atoms with van der Waals surface area (Å²) in [5.41, 5.74) is -2.22. The monoisotopic (exact) mass is 446 g/mol. The molecule has 30 heavy (non-hydrogen) atoms. The van der Waals surface area contributed by atoms with Gasteiger partial charge in [0.15, 0.2) is 0 Å². The fourth-order valence-corrected chi connectivity index (χ4v) is 4.67. The predicted molar refractivity (Wildman–Crippen MR) is 99.6 cm³/mol. The van der Waals surface area contributed by atoms with E-state index in [1.807, 2.05) is 0 Å². The van der Waals surface area contributed by atoms with Crippen LogP contribution in [-0.2, 0) is 35.1 Å². The van der Waals surface area contributed by atoms with Crippen LogP contribution in [0.1, 0.15) is 45.0 Å². The van der Waals surface area contributed by atoms with E-state index in [9.17, 15) is 32.9 Å². The van der Waals surface area contributed by atoms with Crippen molar-refractivity contribution in [2.75, 3.05) is 12.4 Å². The van der Waals surface area contributed by atoms with Gasteiger partial charge in [0, 0.05) is 4.88 Å². The fraction of sp³-hybridized carbons (Fsp3) is 0.471. The maximum absolute atomic E-state index is 13.1. The van der Waals surface area contributed by atoms with Crippen LogP contribution in [0, 0.1) is 17.0 Å². The number of rotatable bonds is 5. The smallest absolute Gasteiger partial charge is 0.442 e.